The molecule has 74 valence electrons. The van der Waals surface area contributed by atoms with E-state index in [1.54, 1.807) is 6.20 Å². The number of pyridine rings is 1. The van der Waals surface area contributed by atoms with Crippen LogP contribution in [-0.2, 0) is 9.53 Å². The third-order valence-electron chi connectivity index (χ3n) is 2.78. The molecule has 3 heteroatoms. The van der Waals surface area contributed by atoms with E-state index in [4.69, 9.17) is 0 Å². The summed E-state index contributed by atoms with van der Waals surface area (Å²) in [6, 6.07) is 5.89. The molecule has 1 saturated carbocycles. The van der Waals surface area contributed by atoms with E-state index in [1.807, 2.05) is 18.2 Å². The summed E-state index contributed by atoms with van der Waals surface area (Å²) >= 11 is 0. The molecule has 1 aliphatic rings. The van der Waals surface area contributed by atoms with Gasteiger partial charge in [0.05, 0.1) is 13.0 Å². The maximum atomic E-state index is 11.1. The molecule has 0 amide bonds. The Morgan fingerprint density at radius 1 is 1.50 bits per heavy atom. The highest BCUT2D eigenvalue weighted by atomic mass is 16.5. The second-order valence-electron chi connectivity index (χ2n) is 3.64. The maximum absolute atomic E-state index is 11.1. The van der Waals surface area contributed by atoms with Crippen LogP contribution in [0.1, 0.15) is 24.5 Å². The molecular weight excluding hydrogens is 178 g/mol. The number of aromatic nitrogens is 1. The van der Waals surface area contributed by atoms with Crippen LogP contribution in [0.4, 0.5) is 0 Å². The van der Waals surface area contributed by atoms with Crippen LogP contribution in [0.25, 0.3) is 0 Å². The van der Waals surface area contributed by atoms with Gasteiger partial charge in [-0.05, 0) is 25.0 Å². The van der Waals surface area contributed by atoms with Gasteiger partial charge in [-0.25, -0.2) is 0 Å². The van der Waals surface area contributed by atoms with Gasteiger partial charge in [0.1, 0.15) is 0 Å². The maximum Gasteiger partial charge on any atom is 0.308 e. The zero-order valence-electron chi connectivity index (χ0n) is 8.14. The first-order chi connectivity index (χ1) is 6.81. The molecule has 0 spiro atoms. The second kappa shape index (κ2) is 3.78. The molecule has 0 aromatic carbocycles. The molecule has 2 rings (SSSR count). The second-order valence-corrected chi connectivity index (χ2v) is 3.64. The van der Waals surface area contributed by atoms with Crippen LogP contribution in [0, 0.1) is 5.92 Å². The van der Waals surface area contributed by atoms with Crippen LogP contribution in [0.15, 0.2) is 24.4 Å². The summed E-state index contributed by atoms with van der Waals surface area (Å²) in [6.07, 6.45) is 3.55. The third-order valence-corrected chi connectivity index (χ3v) is 2.78. The Kier molecular flexibility index (Phi) is 2.48. The van der Waals surface area contributed by atoms with E-state index in [0.717, 1.165) is 18.5 Å². The summed E-state index contributed by atoms with van der Waals surface area (Å²) in [5, 5.41) is 0. The number of ether oxygens (including phenoxy) is 1. The van der Waals surface area contributed by atoms with Crippen molar-refractivity contribution in [2.45, 2.75) is 18.8 Å². The summed E-state index contributed by atoms with van der Waals surface area (Å²) in [5.74, 6) is 0.449. The van der Waals surface area contributed by atoms with Gasteiger partial charge in [0, 0.05) is 17.8 Å². The van der Waals surface area contributed by atoms with E-state index in [9.17, 15) is 4.79 Å². The number of hydrogen-bond donors (Lipinski definition) is 0. The highest BCUT2D eigenvalue weighted by Crippen LogP contribution is 2.41. The summed E-state index contributed by atoms with van der Waals surface area (Å²) < 4.78 is 4.68. The van der Waals surface area contributed by atoms with E-state index in [0.29, 0.717) is 5.92 Å². The van der Waals surface area contributed by atoms with E-state index >= 15 is 0 Å². The van der Waals surface area contributed by atoms with Crippen LogP contribution >= 0.6 is 0 Å². The fourth-order valence-corrected chi connectivity index (χ4v) is 1.84. The summed E-state index contributed by atoms with van der Waals surface area (Å²) in [4.78, 5) is 15.4. The van der Waals surface area contributed by atoms with E-state index < -0.39 is 0 Å². The van der Waals surface area contributed by atoms with Crippen LogP contribution < -0.4 is 0 Å². The van der Waals surface area contributed by atoms with Gasteiger partial charge in [0.15, 0.2) is 0 Å². The summed E-state index contributed by atoms with van der Waals surface area (Å²) in [7, 11) is 1.44. The molecule has 0 unspecified atom stereocenters. The van der Waals surface area contributed by atoms with E-state index in [2.05, 4.69) is 9.72 Å². The minimum absolute atomic E-state index is 0.0859. The first kappa shape index (κ1) is 9.19. The lowest BCUT2D eigenvalue weighted by Crippen LogP contribution is -2.30. The quantitative estimate of drug-likeness (QED) is 0.668. The monoisotopic (exact) mass is 191 g/mol. The largest absolute Gasteiger partial charge is 0.469 e. The molecule has 0 saturated heterocycles. The standard InChI is InChI=1S/C11H13NO2/c1-14-11(13)9-6-8(7-9)10-4-2-3-5-12-10/h2-5,8-9H,6-7H2,1H3. The molecule has 0 atom stereocenters. The number of nitrogens with zero attached hydrogens (tertiary/aromatic N) is 1. The average Bonchev–Trinajstić information content (AvgIpc) is 2.17. The predicted molar refractivity (Wildman–Crippen MR) is 51.7 cm³/mol. The number of rotatable bonds is 2. The zero-order valence-corrected chi connectivity index (χ0v) is 8.14. The van der Waals surface area contributed by atoms with Gasteiger partial charge in [-0.3, -0.25) is 9.78 Å². The molecule has 1 heterocycles. The Morgan fingerprint density at radius 2 is 2.29 bits per heavy atom. The van der Waals surface area contributed by atoms with Crippen molar-refractivity contribution in [1.29, 1.82) is 0 Å². The number of carbonyl (C=O) groups is 1. The van der Waals surface area contributed by atoms with Gasteiger partial charge in [0.2, 0.25) is 0 Å². The van der Waals surface area contributed by atoms with Gasteiger partial charge in [-0.2, -0.15) is 0 Å². The van der Waals surface area contributed by atoms with Crippen LogP contribution in [0.3, 0.4) is 0 Å². The van der Waals surface area contributed by atoms with Crippen molar-refractivity contribution >= 4 is 5.97 Å². The SMILES string of the molecule is COC(=O)C1CC(c2ccccn2)C1. The van der Waals surface area contributed by atoms with Gasteiger partial charge < -0.3 is 4.74 Å². The summed E-state index contributed by atoms with van der Waals surface area (Å²) in [6.45, 7) is 0. The minimum atomic E-state index is -0.0859. The van der Waals surface area contributed by atoms with E-state index in [-0.39, 0.29) is 11.9 Å². The predicted octanol–water partition coefficient (Wildman–Crippen LogP) is 1.75. The molecule has 0 N–H and O–H groups in total. The van der Waals surface area contributed by atoms with Gasteiger partial charge >= 0.3 is 5.97 Å². The van der Waals surface area contributed by atoms with Crippen molar-refractivity contribution in [3.05, 3.63) is 30.1 Å². The van der Waals surface area contributed by atoms with Crippen molar-refractivity contribution in [3.63, 3.8) is 0 Å². The Balaban J connectivity index is 1.92. The van der Waals surface area contributed by atoms with Crippen molar-refractivity contribution in [2.75, 3.05) is 7.11 Å². The van der Waals surface area contributed by atoms with Crippen LogP contribution in [-0.4, -0.2) is 18.1 Å². The number of carbonyl (C=O) groups excluding carboxylic acids is 1. The molecule has 0 radical (unpaired) electrons. The molecule has 1 fully saturated rings. The number of hydrogen-bond acceptors (Lipinski definition) is 3. The Morgan fingerprint density at radius 3 is 2.86 bits per heavy atom. The van der Waals surface area contributed by atoms with Crippen molar-refractivity contribution < 1.29 is 9.53 Å². The van der Waals surface area contributed by atoms with Gasteiger partial charge in [-0.15, -0.1) is 0 Å². The van der Waals surface area contributed by atoms with Crippen LogP contribution in [0.2, 0.25) is 0 Å². The van der Waals surface area contributed by atoms with Crippen molar-refractivity contribution in [1.82, 2.24) is 4.98 Å². The highest BCUT2D eigenvalue weighted by Gasteiger charge is 2.36. The van der Waals surface area contributed by atoms with Crippen molar-refractivity contribution in [2.24, 2.45) is 5.92 Å². The lowest BCUT2D eigenvalue weighted by molar-refractivity contribution is -0.148. The minimum Gasteiger partial charge on any atom is -0.469 e. The smallest absolute Gasteiger partial charge is 0.308 e. The summed E-state index contributed by atoms with van der Waals surface area (Å²) in [5.41, 5.74) is 1.09. The van der Waals surface area contributed by atoms with Crippen LogP contribution in [0.5, 0.6) is 0 Å². The molecule has 1 aromatic heterocycles. The van der Waals surface area contributed by atoms with Gasteiger partial charge in [0.25, 0.3) is 0 Å². The molecule has 0 aliphatic heterocycles. The Labute approximate surface area is 83.1 Å². The fourth-order valence-electron chi connectivity index (χ4n) is 1.84. The van der Waals surface area contributed by atoms with Gasteiger partial charge in [-0.1, -0.05) is 6.07 Å². The molecule has 3 nitrogen and oxygen atoms in total. The normalized spacial score (nSPS) is 25.2. The lowest BCUT2D eigenvalue weighted by atomic mass is 9.73. The van der Waals surface area contributed by atoms with Crippen molar-refractivity contribution in [3.8, 4) is 0 Å². The average molecular weight is 191 g/mol. The molecule has 14 heavy (non-hydrogen) atoms. The number of esters is 1. The zero-order chi connectivity index (χ0) is 9.97. The third kappa shape index (κ3) is 1.62. The highest BCUT2D eigenvalue weighted by molar-refractivity contribution is 5.73. The number of methoxy groups -OCH3 is 1. The Hall–Kier alpha value is -1.38. The first-order valence-electron chi connectivity index (χ1n) is 4.80. The Bertz CT molecular complexity index is 317. The molecular formula is C11H13NO2. The fraction of sp³-hybridized carbons (Fsp3) is 0.455. The first-order valence-corrected chi connectivity index (χ1v) is 4.80. The topological polar surface area (TPSA) is 39.2 Å². The lowest BCUT2D eigenvalue weighted by Gasteiger charge is -2.32. The van der Waals surface area contributed by atoms with E-state index in [1.165, 1.54) is 7.11 Å². The molecule has 1 aliphatic carbocycles. The molecule has 1 aromatic rings. The molecule has 0 bridgehead atoms.